The van der Waals surface area contributed by atoms with Crippen molar-refractivity contribution in [1.29, 1.82) is 0 Å². The van der Waals surface area contributed by atoms with Gasteiger partial charge in [-0.1, -0.05) is 67.6 Å². The Balaban J connectivity index is 2.44. The fraction of sp³-hybridized carbons (Fsp3) is 0.208. The lowest BCUT2D eigenvalue weighted by Gasteiger charge is -2.23. The van der Waals surface area contributed by atoms with E-state index in [-0.39, 0.29) is 6.16 Å². The first-order valence-electron chi connectivity index (χ1n) is 9.41. The van der Waals surface area contributed by atoms with Gasteiger partial charge >= 0.3 is 0 Å². The van der Waals surface area contributed by atoms with Crippen LogP contribution in [0.5, 0.6) is 0 Å². The van der Waals surface area contributed by atoms with Crippen LogP contribution in [-0.4, -0.2) is 16.6 Å². The molecule has 0 spiro atoms. The summed E-state index contributed by atoms with van der Waals surface area (Å²) in [6.07, 6.45) is -0.0695. The van der Waals surface area contributed by atoms with Gasteiger partial charge in [0.2, 0.25) is 5.52 Å². The van der Waals surface area contributed by atoms with Crippen LogP contribution in [0.3, 0.4) is 0 Å². The molecule has 0 heterocycles. The first-order valence-corrected chi connectivity index (χ1v) is 11.2. The van der Waals surface area contributed by atoms with Crippen LogP contribution in [0.2, 0.25) is 0 Å². The minimum atomic E-state index is -3.92. The zero-order valence-electron chi connectivity index (χ0n) is 16.7. The summed E-state index contributed by atoms with van der Waals surface area (Å²) in [7, 11) is -3.92. The SMILES string of the molecule is CCP(=O)(O)C(=O)c1c(C)c(-c2ccccc2)c(C)c(-c2ccccc2)c1C. The van der Waals surface area contributed by atoms with Crippen molar-refractivity contribution in [2.75, 3.05) is 6.16 Å². The Hall–Kier alpha value is -2.48. The predicted octanol–water partition coefficient (Wildman–Crippen LogP) is 6.38. The van der Waals surface area contributed by atoms with Crippen LogP contribution < -0.4 is 0 Å². The molecule has 0 aliphatic heterocycles. The first-order chi connectivity index (χ1) is 13.3. The Morgan fingerprint density at radius 3 is 1.54 bits per heavy atom. The maximum absolute atomic E-state index is 13.1. The van der Waals surface area contributed by atoms with Gasteiger partial charge in [0.25, 0.3) is 7.37 Å². The van der Waals surface area contributed by atoms with E-state index >= 15 is 0 Å². The van der Waals surface area contributed by atoms with Gasteiger partial charge in [-0.25, -0.2) is 0 Å². The number of rotatable bonds is 5. The largest absolute Gasteiger partial charge is 0.339 e. The highest BCUT2D eigenvalue weighted by Gasteiger charge is 2.33. The van der Waals surface area contributed by atoms with E-state index in [0.717, 1.165) is 38.9 Å². The van der Waals surface area contributed by atoms with Gasteiger partial charge < -0.3 is 4.89 Å². The molecule has 0 amide bonds. The van der Waals surface area contributed by atoms with E-state index in [9.17, 15) is 14.3 Å². The summed E-state index contributed by atoms with van der Waals surface area (Å²) in [5.41, 5.74) is 6.18. The quantitative estimate of drug-likeness (QED) is 0.513. The standard InChI is InChI=1S/C24H25O3P/c1-5-28(26,27)24(25)23-17(3)21(19-12-8-6-9-13-19)16(2)22(18(23)4)20-14-10-7-11-15-20/h6-15H,5H2,1-4H3,(H,26,27). The zero-order chi connectivity index (χ0) is 20.5. The lowest BCUT2D eigenvalue weighted by molar-refractivity contribution is 0.106. The molecule has 0 saturated carbocycles. The maximum Gasteiger partial charge on any atom is 0.268 e. The van der Waals surface area contributed by atoms with Gasteiger partial charge in [0.1, 0.15) is 0 Å². The minimum absolute atomic E-state index is 0.0695. The summed E-state index contributed by atoms with van der Waals surface area (Å²) in [5, 5.41) is 0. The van der Waals surface area contributed by atoms with E-state index in [1.165, 1.54) is 0 Å². The van der Waals surface area contributed by atoms with Crippen LogP contribution in [0.25, 0.3) is 22.3 Å². The number of benzene rings is 3. The van der Waals surface area contributed by atoms with Gasteiger partial charge in [0.15, 0.2) is 0 Å². The molecule has 0 saturated heterocycles. The third-order valence-electron chi connectivity index (χ3n) is 5.33. The summed E-state index contributed by atoms with van der Waals surface area (Å²) < 4.78 is 12.6. The Morgan fingerprint density at radius 2 is 1.18 bits per heavy atom. The molecule has 0 radical (unpaired) electrons. The summed E-state index contributed by atoms with van der Waals surface area (Å²) in [6, 6.07) is 19.8. The lowest BCUT2D eigenvalue weighted by atomic mass is 9.83. The van der Waals surface area contributed by atoms with E-state index < -0.39 is 12.9 Å². The highest BCUT2D eigenvalue weighted by molar-refractivity contribution is 7.76. The van der Waals surface area contributed by atoms with Crippen LogP contribution in [0.4, 0.5) is 0 Å². The molecule has 0 bridgehead atoms. The van der Waals surface area contributed by atoms with Crippen molar-refractivity contribution in [3.05, 3.63) is 82.9 Å². The van der Waals surface area contributed by atoms with Gasteiger partial charge in [-0.15, -0.1) is 0 Å². The number of hydrogen-bond acceptors (Lipinski definition) is 2. The van der Waals surface area contributed by atoms with Gasteiger partial charge in [0, 0.05) is 11.7 Å². The van der Waals surface area contributed by atoms with E-state index in [1.807, 2.05) is 74.5 Å². The molecule has 3 aromatic rings. The van der Waals surface area contributed by atoms with Crippen LogP contribution in [0.1, 0.15) is 34.0 Å². The molecule has 4 heteroatoms. The smallest absolute Gasteiger partial charge is 0.268 e. The summed E-state index contributed by atoms with van der Waals surface area (Å²) in [6.45, 7) is 7.38. The van der Waals surface area contributed by atoms with Gasteiger partial charge in [-0.2, -0.15) is 0 Å². The molecule has 0 aliphatic rings. The van der Waals surface area contributed by atoms with Crippen molar-refractivity contribution < 1.29 is 14.3 Å². The number of carbonyl (C=O) groups is 1. The van der Waals surface area contributed by atoms with Crippen LogP contribution >= 0.6 is 7.37 Å². The average Bonchev–Trinajstić information content (AvgIpc) is 2.69. The molecule has 1 unspecified atom stereocenters. The minimum Gasteiger partial charge on any atom is -0.339 e. The monoisotopic (exact) mass is 392 g/mol. The molecule has 144 valence electrons. The second kappa shape index (κ2) is 7.87. The van der Waals surface area contributed by atoms with Crippen LogP contribution in [0.15, 0.2) is 60.7 Å². The Morgan fingerprint density at radius 1 is 0.786 bits per heavy atom. The van der Waals surface area contributed by atoms with Crippen molar-refractivity contribution >= 4 is 12.9 Å². The fourth-order valence-corrected chi connectivity index (χ4v) is 4.91. The zero-order valence-corrected chi connectivity index (χ0v) is 17.6. The lowest BCUT2D eigenvalue weighted by Crippen LogP contribution is -2.11. The molecule has 0 aromatic heterocycles. The molecule has 3 aromatic carbocycles. The summed E-state index contributed by atoms with van der Waals surface area (Å²) in [4.78, 5) is 23.4. The van der Waals surface area contributed by atoms with Gasteiger partial charge in [-0.3, -0.25) is 9.36 Å². The first kappa shape index (κ1) is 20.3. The molecule has 3 rings (SSSR count). The van der Waals surface area contributed by atoms with Crippen LogP contribution in [0, 0.1) is 20.8 Å². The van der Waals surface area contributed by atoms with Crippen molar-refractivity contribution in [3.63, 3.8) is 0 Å². The third kappa shape index (κ3) is 3.48. The van der Waals surface area contributed by atoms with E-state index in [4.69, 9.17) is 0 Å². The van der Waals surface area contributed by atoms with E-state index in [0.29, 0.717) is 5.56 Å². The molecule has 3 nitrogen and oxygen atoms in total. The molecule has 0 aliphatic carbocycles. The van der Waals surface area contributed by atoms with Gasteiger partial charge in [0.05, 0.1) is 0 Å². The van der Waals surface area contributed by atoms with E-state index in [1.54, 1.807) is 6.92 Å². The van der Waals surface area contributed by atoms with Crippen molar-refractivity contribution in [1.82, 2.24) is 0 Å². The van der Waals surface area contributed by atoms with Crippen molar-refractivity contribution in [2.45, 2.75) is 27.7 Å². The molecule has 28 heavy (non-hydrogen) atoms. The molecule has 0 fully saturated rings. The summed E-state index contributed by atoms with van der Waals surface area (Å²) in [5.74, 6) is 0. The molecular weight excluding hydrogens is 367 g/mol. The van der Waals surface area contributed by atoms with Crippen molar-refractivity contribution in [2.24, 2.45) is 0 Å². The number of carbonyl (C=O) groups excluding carboxylic acids is 1. The number of hydrogen-bond donors (Lipinski definition) is 1. The van der Waals surface area contributed by atoms with Crippen LogP contribution in [-0.2, 0) is 4.57 Å². The second-order valence-corrected chi connectivity index (χ2v) is 9.50. The third-order valence-corrected chi connectivity index (χ3v) is 7.05. The Labute approximate surface area is 166 Å². The molecule has 1 N–H and O–H groups in total. The Bertz CT molecular complexity index is 1000. The highest BCUT2D eigenvalue weighted by Crippen LogP contribution is 2.48. The fourth-order valence-electron chi connectivity index (χ4n) is 3.93. The summed E-state index contributed by atoms with van der Waals surface area (Å²) >= 11 is 0. The molecular formula is C24H25O3P. The topological polar surface area (TPSA) is 54.4 Å². The normalized spacial score (nSPS) is 13.2. The second-order valence-electron chi connectivity index (χ2n) is 7.06. The van der Waals surface area contributed by atoms with Crippen molar-refractivity contribution in [3.8, 4) is 22.3 Å². The highest BCUT2D eigenvalue weighted by atomic mass is 31.2. The molecule has 1 atom stereocenters. The maximum atomic E-state index is 13.1. The average molecular weight is 392 g/mol. The Kier molecular flexibility index (Phi) is 5.69. The predicted molar refractivity (Wildman–Crippen MR) is 116 cm³/mol. The van der Waals surface area contributed by atoms with E-state index in [2.05, 4.69) is 6.92 Å². The van der Waals surface area contributed by atoms with Gasteiger partial charge in [-0.05, 0) is 59.7 Å².